The maximum atomic E-state index is 12.1. The number of halogens is 1. The molecule has 0 aliphatic carbocycles. The van der Waals surface area contributed by atoms with E-state index in [4.69, 9.17) is 17.3 Å². The van der Waals surface area contributed by atoms with E-state index in [1.54, 1.807) is 0 Å². The number of nitrogens with zero attached hydrogens (tertiary/aromatic N) is 1. The monoisotopic (exact) mass is 344 g/mol. The number of amides is 1. The fourth-order valence-corrected chi connectivity index (χ4v) is 3.58. The molecule has 0 radical (unpaired) electrons. The van der Waals surface area contributed by atoms with E-state index in [9.17, 15) is 4.79 Å². The summed E-state index contributed by atoms with van der Waals surface area (Å²) in [6.07, 6.45) is 1.74. The second kappa shape index (κ2) is 7.63. The molecule has 1 amide bonds. The second-order valence-corrected chi connectivity index (χ2v) is 7.17. The average Bonchev–Trinajstić information content (AvgIpc) is 3.02. The molecule has 0 aliphatic heterocycles. The molecule has 2 aromatic rings. The summed E-state index contributed by atoms with van der Waals surface area (Å²) in [5, 5.41) is 6.67. The molecule has 0 bridgehead atoms. The van der Waals surface area contributed by atoms with Crippen molar-refractivity contribution in [2.75, 3.05) is 24.1 Å². The van der Waals surface area contributed by atoms with Gasteiger partial charge in [0.1, 0.15) is 10.7 Å². The van der Waals surface area contributed by atoms with E-state index in [0.29, 0.717) is 16.6 Å². The Morgan fingerprint density at radius 3 is 2.86 bits per heavy atom. The van der Waals surface area contributed by atoms with Gasteiger partial charge in [-0.2, -0.15) is 0 Å². The van der Waals surface area contributed by atoms with Gasteiger partial charge in [-0.3, -0.25) is 4.79 Å². The first-order chi connectivity index (χ1) is 10.1. The van der Waals surface area contributed by atoms with Gasteiger partial charge in [-0.1, -0.05) is 29.9 Å². The molecule has 0 aliphatic rings. The van der Waals surface area contributed by atoms with Crippen molar-refractivity contribution in [3.05, 3.63) is 26.2 Å². The number of aromatic nitrogens is 1. The molecular weight excluding hydrogens is 328 g/mol. The van der Waals surface area contributed by atoms with Crippen LogP contribution in [-0.2, 0) is 6.42 Å². The molecule has 0 saturated carbocycles. The standard InChI is InChI=1S/C13H17ClN4OS2/c1-2-6-17-13-18-11(15)10(21-13)12(19)16-7-5-8-3-4-9(14)20-8/h3-4H,2,5-7,15H2,1H3,(H,16,19)(H,17,18). The fraction of sp³-hybridized carbons (Fsp3) is 0.385. The van der Waals surface area contributed by atoms with Crippen molar-refractivity contribution in [1.82, 2.24) is 10.3 Å². The Balaban J connectivity index is 1.86. The van der Waals surface area contributed by atoms with E-state index in [0.717, 1.165) is 28.6 Å². The van der Waals surface area contributed by atoms with Crippen molar-refractivity contribution in [3.63, 3.8) is 0 Å². The number of carbonyl (C=O) groups excluding carboxylic acids is 1. The Labute approximate surface area is 136 Å². The lowest BCUT2D eigenvalue weighted by Crippen LogP contribution is -2.25. The molecule has 0 unspecified atom stereocenters. The van der Waals surface area contributed by atoms with Gasteiger partial charge in [-0.15, -0.1) is 11.3 Å². The third kappa shape index (κ3) is 4.59. The summed E-state index contributed by atoms with van der Waals surface area (Å²) < 4.78 is 0.759. The molecule has 0 atom stereocenters. The number of thiazole rings is 1. The summed E-state index contributed by atoms with van der Waals surface area (Å²) >= 11 is 8.67. The number of nitrogen functional groups attached to an aromatic ring is 1. The number of anilines is 2. The lowest BCUT2D eigenvalue weighted by molar-refractivity contribution is 0.0959. The normalized spacial score (nSPS) is 10.6. The van der Waals surface area contributed by atoms with Gasteiger partial charge >= 0.3 is 0 Å². The number of rotatable bonds is 7. The molecular formula is C13H17ClN4OS2. The highest BCUT2D eigenvalue weighted by atomic mass is 35.5. The third-order valence-corrected chi connectivity index (χ3v) is 4.99. The number of hydrogen-bond donors (Lipinski definition) is 3. The van der Waals surface area contributed by atoms with Crippen LogP contribution in [0.3, 0.4) is 0 Å². The van der Waals surface area contributed by atoms with Crippen LogP contribution in [0.4, 0.5) is 10.9 Å². The van der Waals surface area contributed by atoms with Crippen molar-refractivity contribution >= 4 is 51.1 Å². The second-order valence-electron chi connectivity index (χ2n) is 4.37. The van der Waals surface area contributed by atoms with Crippen LogP contribution in [0, 0.1) is 0 Å². The molecule has 0 saturated heterocycles. The average molecular weight is 345 g/mol. The lowest BCUT2D eigenvalue weighted by Gasteiger charge is -2.02. The maximum Gasteiger partial charge on any atom is 0.265 e. The minimum atomic E-state index is -0.183. The topological polar surface area (TPSA) is 80.0 Å². The zero-order valence-electron chi connectivity index (χ0n) is 11.6. The summed E-state index contributed by atoms with van der Waals surface area (Å²) in [4.78, 5) is 17.8. The number of nitrogens with one attached hydrogen (secondary N) is 2. The minimum Gasteiger partial charge on any atom is -0.382 e. The Hall–Kier alpha value is -1.31. The van der Waals surface area contributed by atoms with E-state index < -0.39 is 0 Å². The summed E-state index contributed by atoms with van der Waals surface area (Å²) in [6, 6.07) is 3.82. The highest BCUT2D eigenvalue weighted by Gasteiger charge is 2.15. The van der Waals surface area contributed by atoms with E-state index in [-0.39, 0.29) is 11.7 Å². The van der Waals surface area contributed by atoms with E-state index in [2.05, 4.69) is 22.5 Å². The molecule has 4 N–H and O–H groups in total. The molecule has 2 heterocycles. The summed E-state index contributed by atoms with van der Waals surface area (Å²) in [6.45, 7) is 3.42. The van der Waals surface area contributed by atoms with Crippen molar-refractivity contribution in [3.8, 4) is 0 Å². The van der Waals surface area contributed by atoms with Crippen LogP contribution in [0.25, 0.3) is 0 Å². The van der Waals surface area contributed by atoms with Crippen LogP contribution < -0.4 is 16.4 Å². The summed E-state index contributed by atoms with van der Waals surface area (Å²) in [5.74, 6) is 0.0903. The van der Waals surface area contributed by atoms with Gasteiger partial charge in [0.15, 0.2) is 5.13 Å². The van der Waals surface area contributed by atoms with E-state index in [1.165, 1.54) is 22.7 Å². The van der Waals surface area contributed by atoms with Crippen molar-refractivity contribution in [2.24, 2.45) is 0 Å². The van der Waals surface area contributed by atoms with Crippen molar-refractivity contribution in [1.29, 1.82) is 0 Å². The van der Waals surface area contributed by atoms with Gasteiger partial charge in [-0.25, -0.2) is 4.98 Å². The molecule has 0 aromatic carbocycles. The molecule has 21 heavy (non-hydrogen) atoms. The quantitative estimate of drug-likeness (QED) is 0.720. The molecule has 5 nitrogen and oxygen atoms in total. The molecule has 0 fully saturated rings. The molecule has 2 rings (SSSR count). The fourth-order valence-electron chi connectivity index (χ4n) is 1.67. The zero-order chi connectivity index (χ0) is 15.2. The molecule has 114 valence electrons. The minimum absolute atomic E-state index is 0.183. The first kappa shape index (κ1) is 16.1. The van der Waals surface area contributed by atoms with Crippen molar-refractivity contribution < 1.29 is 4.79 Å². The van der Waals surface area contributed by atoms with Crippen LogP contribution in [0.1, 0.15) is 27.9 Å². The highest BCUT2D eigenvalue weighted by molar-refractivity contribution is 7.18. The number of hydrogen-bond acceptors (Lipinski definition) is 6. The predicted molar refractivity (Wildman–Crippen MR) is 90.7 cm³/mol. The van der Waals surface area contributed by atoms with Gasteiger partial charge < -0.3 is 16.4 Å². The Morgan fingerprint density at radius 1 is 1.38 bits per heavy atom. The zero-order valence-corrected chi connectivity index (χ0v) is 14.0. The summed E-state index contributed by atoms with van der Waals surface area (Å²) in [7, 11) is 0. The van der Waals surface area contributed by atoms with Crippen LogP contribution in [-0.4, -0.2) is 24.0 Å². The maximum absolute atomic E-state index is 12.1. The Bertz CT molecular complexity index is 611. The van der Waals surface area contributed by atoms with Gasteiger partial charge in [0.2, 0.25) is 0 Å². The molecule has 2 aromatic heterocycles. The predicted octanol–water partition coefficient (Wildman–Crippen LogP) is 3.23. The van der Waals surface area contributed by atoms with Crippen molar-refractivity contribution in [2.45, 2.75) is 19.8 Å². The number of carbonyl (C=O) groups is 1. The Morgan fingerprint density at radius 2 is 2.19 bits per heavy atom. The third-order valence-electron chi connectivity index (χ3n) is 2.67. The number of nitrogens with two attached hydrogens (primary N) is 1. The summed E-state index contributed by atoms with van der Waals surface area (Å²) in [5.41, 5.74) is 5.78. The van der Waals surface area contributed by atoms with Gasteiger partial charge in [-0.05, 0) is 25.0 Å². The van der Waals surface area contributed by atoms with E-state index in [1.807, 2.05) is 12.1 Å². The largest absolute Gasteiger partial charge is 0.382 e. The van der Waals surface area contributed by atoms with Crippen LogP contribution in [0.5, 0.6) is 0 Å². The SMILES string of the molecule is CCCNc1nc(N)c(C(=O)NCCc2ccc(Cl)s2)s1. The first-order valence-corrected chi connectivity index (χ1v) is 8.63. The van der Waals surface area contributed by atoms with Crippen LogP contribution in [0.2, 0.25) is 4.34 Å². The van der Waals surface area contributed by atoms with Crippen LogP contribution in [0.15, 0.2) is 12.1 Å². The van der Waals surface area contributed by atoms with Gasteiger partial charge in [0, 0.05) is 18.0 Å². The van der Waals surface area contributed by atoms with Gasteiger partial charge in [0.25, 0.3) is 5.91 Å². The highest BCUT2D eigenvalue weighted by Crippen LogP contribution is 2.25. The van der Waals surface area contributed by atoms with E-state index >= 15 is 0 Å². The van der Waals surface area contributed by atoms with Gasteiger partial charge in [0.05, 0.1) is 4.34 Å². The smallest absolute Gasteiger partial charge is 0.265 e. The molecule has 8 heteroatoms. The Kier molecular flexibility index (Phi) is 5.84. The lowest BCUT2D eigenvalue weighted by atomic mass is 10.3. The molecule has 0 spiro atoms. The first-order valence-electron chi connectivity index (χ1n) is 6.62. The van der Waals surface area contributed by atoms with Crippen LogP contribution >= 0.6 is 34.3 Å². The number of thiophene rings is 1.